The van der Waals surface area contributed by atoms with E-state index in [1.807, 2.05) is 0 Å². The normalized spacial score (nSPS) is 15.7. The molecular formula is C16H19F3N6. The lowest BCUT2D eigenvalue weighted by atomic mass is 10.2. The van der Waals surface area contributed by atoms with Gasteiger partial charge in [-0.3, -0.25) is 0 Å². The second-order valence-corrected chi connectivity index (χ2v) is 5.76. The molecule has 2 aromatic rings. The topological polar surface area (TPSA) is 79.1 Å². The number of rotatable bonds is 3. The Labute approximate surface area is 143 Å². The molecule has 1 aromatic carbocycles. The van der Waals surface area contributed by atoms with Crippen molar-refractivity contribution in [1.82, 2.24) is 15.3 Å². The molecule has 6 nitrogen and oxygen atoms in total. The van der Waals surface area contributed by atoms with Crippen LogP contribution in [0.25, 0.3) is 0 Å². The molecule has 1 saturated heterocycles. The quantitative estimate of drug-likeness (QED) is 0.788. The molecule has 134 valence electrons. The highest BCUT2D eigenvalue weighted by Gasteiger charge is 2.30. The van der Waals surface area contributed by atoms with E-state index in [9.17, 15) is 13.2 Å². The van der Waals surface area contributed by atoms with E-state index in [-0.39, 0.29) is 11.6 Å². The van der Waals surface area contributed by atoms with Gasteiger partial charge in [-0.15, -0.1) is 0 Å². The maximum atomic E-state index is 12.8. The Morgan fingerprint density at radius 3 is 2.76 bits per heavy atom. The van der Waals surface area contributed by atoms with Crippen molar-refractivity contribution >= 4 is 23.3 Å². The summed E-state index contributed by atoms with van der Waals surface area (Å²) in [4.78, 5) is 10.4. The average Bonchev–Trinajstić information content (AvgIpc) is 2.83. The summed E-state index contributed by atoms with van der Waals surface area (Å²) in [6, 6.07) is 6.64. The van der Waals surface area contributed by atoms with Crippen LogP contribution in [-0.2, 0) is 6.18 Å². The maximum absolute atomic E-state index is 12.8. The van der Waals surface area contributed by atoms with Gasteiger partial charge in [0.25, 0.3) is 0 Å². The maximum Gasteiger partial charge on any atom is 0.416 e. The van der Waals surface area contributed by atoms with E-state index < -0.39 is 11.7 Å². The van der Waals surface area contributed by atoms with Gasteiger partial charge in [0, 0.05) is 31.4 Å². The highest BCUT2D eigenvalue weighted by molar-refractivity contribution is 5.62. The molecule has 0 unspecified atom stereocenters. The van der Waals surface area contributed by atoms with Crippen LogP contribution in [0.3, 0.4) is 0 Å². The summed E-state index contributed by atoms with van der Waals surface area (Å²) in [5.41, 5.74) is 5.34. The zero-order chi connectivity index (χ0) is 17.9. The van der Waals surface area contributed by atoms with E-state index in [1.165, 1.54) is 6.07 Å². The molecule has 0 bridgehead atoms. The van der Waals surface area contributed by atoms with Gasteiger partial charge in [0.2, 0.25) is 5.95 Å². The van der Waals surface area contributed by atoms with Gasteiger partial charge in [-0.05, 0) is 31.2 Å². The number of nitrogens with one attached hydrogen (secondary N) is 2. The summed E-state index contributed by atoms with van der Waals surface area (Å²) in [5, 5.41) is 6.18. The van der Waals surface area contributed by atoms with Crippen LogP contribution in [0.1, 0.15) is 12.0 Å². The molecule has 1 aliphatic heterocycles. The van der Waals surface area contributed by atoms with Crippen molar-refractivity contribution in [3.05, 3.63) is 35.9 Å². The Kier molecular flexibility index (Phi) is 4.93. The molecule has 1 fully saturated rings. The fraction of sp³-hybridized carbons (Fsp3) is 0.375. The Hall–Kier alpha value is -2.55. The van der Waals surface area contributed by atoms with Crippen molar-refractivity contribution in [1.29, 1.82) is 0 Å². The fourth-order valence-corrected chi connectivity index (χ4v) is 2.67. The molecule has 0 radical (unpaired) electrons. The highest BCUT2D eigenvalue weighted by Crippen LogP contribution is 2.31. The molecule has 3 rings (SSSR count). The van der Waals surface area contributed by atoms with Crippen LogP contribution in [0.2, 0.25) is 0 Å². The number of nitrogens with zero attached hydrogens (tertiary/aromatic N) is 3. The number of nitrogen functional groups attached to an aromatic ring is 1. The molecule has 1 aliphatic rings. The summed E-state index contributed by atoms with van der Waals surface area (Å²) < 4.78 is 38.5. The van der Waals surface area contributed by atoms with E-state index >= 15 is 0 Å². The van der Waals surface area contributed by atoms with Crippen molar-refractivity contribution in [3.63, 3.8) is 0 Å². The highest BCUT2D eigenvalue weighted by atomic mass is 19.4. The molecule has 25 heavy (non-hydrogen) atoms. The van der Waals surface area contributed by atoms with Gasteiger partial charge in [-0.1, -0.05) is 6.07 Å². The van der Waals surface area contributed by atoms with Crippen LogP contribution in [0, 0.1) is 0 Å². The molecule has 0 atom stereocenters. The van der Waals surface area contributed by atoms with E-state index in [1.54, 1.807) is 12.1 Å². The Bertz CT molecular complexity index is 726. The number of hydrogen-bond donors (Lipinski definition) is 3. The summed E-state index contributed by atoms with van der Waals surface area (Å²) in [5.74, 6) is 1.09. The minimum Gasteiger partial charge on any atom is -0.368 e. The fourth-order valence-electron chi connectivity index (χ4n) is 2.67. The average molecular weight is 352 g/mol. The molecule has 9 heteroatoms. The summed E-state index contributed by atoms with van der Waals surface area (Å²) >= 11 is 0. The number of anilines is 4. The second-order valence-electron chi connectivity index (χ2n) is 5.76. The predicted octanol–water partition coefficient (Wildman–Crippen LogP) is 2.62. The number of nitrogens with two attached hydrogens (primary N) is 1. The number of aromatic nitrogens is 2. The number of halogens is 3. The van der Waals surface area contributed by atoms with Crippen LogP contribution < -0.4 is 21.3 Å². The molecule has 0 saturated carbocycles. The minimum absolute atomic E-state index is 0.0733. The van der Waals surface area contributed by atoms with Gasteiger partial charge in [0.15, 0.2) is 0 Å². The van der Waals surface area contributed by atoms with Crippen LogP contribution in [0.4, 0.5) is 36.4 Å². The minimum atomic E-state index is -4.40. The first-order chi connectivity index (χ1) is 11.9. The smallest absolute Gasteiger partial charge is 0.368 e. The van der Waals surface area contributed by atoms with Gasteiger partial charge in [-0.2, -0.15) is 23.1 Å². The second kappa shape index (κ2) is 7.14. The number of hydrogen-bond acceptors (Lipinski definition) is 6. The first-order valence-corrected chi connectivity index (χ1v) is 7.96. The van der Waals surface area contributed by atoms with Crippen molar-refractivity contribution in [2.45, 2.75) is 12.6 Å². The Morgan fingerprint density at radius 2 is 1.96 bits per heavy atom. The predicted molar refractivity (Wildman–Crippen MR) is 90.9 cm³/mol. The van der Waals surface area contributed by atoms with Crippen LogP contribution in [0.5, 0.6) is 0 Å². The molecule has 4 N–H and O–H groups in total. The Morgan fingerprint density at radius 1 is 1.12 bits per heavy atom. The Balaban J connectivity index is 1.83. The van der Waals surface area contributed by atoms with Gasteiger partial charge < -0.3 is 21.3 Å². The largest absolute Gasteiger partial charge is 0.416 e. The van der Waals surface area contributed by atoms with E-state index in [0.29, 0.717) is 11.6 Å². The van der Waals surface area contributed by atoms with E-state index in [2.05, 4.69) is 25.5 Å². The third kappa shape index (κ3) is 4.50. The molecule has 1 aromatic heterocycles. The lowest BCUT2D eigenvalue weighted by Crippen LogP contribution is -2.29. The lowest BCUT2D eigenvalue weighted by Gasteiger charge is -2.21. The zero-order valence-corrected chi connectivity index (χ0v) is 13.5. The number of benzene rings is 1. The van der Waals surface area contributed by atoms with Crippen molar-refractivity contribution in [3.8, 4) is 0 Å². The third-order valence-corrected chi connectivity index (χ3v) is 3.86. The van der Waals surface area contributed by atoms with Crippen LogP contribution in [-0.4, -0.2) is 36.1 Å². The molecule has 0 amide bonds. The first-order valence-electron chi connectivity index (χ1n) is 7.96. The van der Waals surface area contributed by atoms with Gasteiger partial charge in [0.1, 0.15) is 11.6 Å². The lowest BCUT2D eigenvalue weighted by molar-refractivity contribution is -0.137. The zero-order valence-electron chi connectivity index (χ0n) is 13.5. The van der Waals surface area contributed by atoms with Crippen molar-refractivity contribution < 1.29 is 13.2 Å². The van der Waals surface area contributed by atoms with Gasteiger partial charge in [0.05, 0.1) is 5.56 Å². The van der Waals surface area contributed by atoms with Gasteiger partial charge >= 0.3 is 6.18 Å². The van der Waals surface area contributed by atoms with Crippen molar-refractivity contribution in [2.75, 3.05) is 42.1 Å². The van der Waals surface area contributed by atoms with Gasteiger partial charge in [-0.25, -0.2) is 0 Å². The van der Waals surface area contributed by atoms with Crippen molar-refractivity contribution in [2.24, 2.45) is 0 Å². The first kappa shape index (κ1) is 17.3. The van der Waals surface area contributed by atoms with E-state index in [0.717, 1.165) is 44.7 Å². The van der Waals surface area contributed by atoms with Crippen LogP contribution in [0.15, 0.2) is 30.3 Å². The molecular weight excluding hydrogens is 333 g/mol. The molecule has 2 heterocycles. The number of alkyl halides is 3. The summed E-state index contributed by atoms with van der Waals surface area (Å²) in [6.07, 6.45) is -3.42. The standard InChI is InChI=1S/C16H19F3N6/c17-16(18,19)11-3-1-4-12(9-11)22-13-10-14(24-15(20)23-13)25-7-2-5-21-6-8-25/h1,3-4,9-10,21H,2,5-8H2,(H3,20,22,23,24). The molecule has 0 aliphatic carbocycles. The monoisotopic (exact) mass is 352 g/mol. The SMILES string of the molecule is Nc1nc(Nc2cccc(C(F)(F)F)c2)cc(N2CCCNCC2)n1. The summed E-state index contributed by atoms with van der Waals surface area (Å²) in [7, 11) is 0. The summed E-state index contributed by atoms with van der Waals surface area (Å²) in [6.45, 7) is 3.37. The van der Waals surface area contributed by atoms with Crippen LogP contribution >= 0.6 is 0 Å². The third-order valence-electron chi connectivity index (χ3n) is 3.86. The van der Waals surface area contributed by atoms with E-state index in [4.69, 9.17) is 5.73 Å². The molecule has 0 spiro atoms.